The summed E-state index contributed by atoms with van der Waals surface area (Å²) in [7, 11) is 0. The normalized spacial score (nSPS) is 12.9. The molecule has 134 valence electrons. The first kappa shape index (κ1) is 17.9. The van der Waals surface area contributed by atoms with Gasteiger partial charge >= 0.3 is 12.1 Å². The van der Waals surface area contributed by atoms with Crippen LogP contribution in [0.4, 0.5) is 13.2 Å². The Morgan fingerprint density at radius 2 is 1.69 bits per heavy atom. The van der Waals surface area contributed by atoms with Gasteiger partial charge in [0.05, 0.1) is 5.56 Å². The Hall–Kier alpha value is -2.86. The van der Waals surface area contributed by atoms with Crippen LogP contribution in [-0.4, -0.2) is 11.1 Å². The van der Waals surface area contributed by atoms with E-state index in [1.165, 1.54) is 12.1 Å². The standard InChI is InChI=1S/C20H16F3NO2/c21-20(22,23)15-8-3-5-13(11-15)12-24-18(19(25)26)17-10-4-7-14-6-1-2-9-16(14)17/h1-11,18,24H,12H2,(H,25,26). The molecule has 0 aliphatic carbocycles. The topological polar surface area (TPSA) is 49.3 Å². The molecule has 0 radical (unpaired) electrons. The molecule has 0 aromatic heterocycles. The van der Waals surface area contributed by atoms with Crippen LogP contribution in [0.1, 0.15) is 22.7 Å². The number of carbonyl (C=O) groups is 1. The summed E-state index contributed by atoms with van der Waals surface area (Å²) in [4.78, 5) is 11.7. The summed E-state index contributed by atoms with van der Waals surface area (Å²) >= 11 is 0. The van der Waals surface area contributed by atoms with Crippen LogP contribution in [0.2, 0.25) is 0 Å². The summed E-state index contributed by atoms with van der Waals surface area (Å²) in [5.41, 5.74) is 0.183. The van der Waals surface area contributed by atoms with Crippen LogP contribution >= 0.6 is 0 Å². The SMILES string of the molecule is O=C(O)C(NCc1cccc(C(F)(F)F)c1)c1cccc2ccccc12. The second-order valence-electron chi connectivity index (χ2n) is 5.92. The minimum atomic E-state index is -4.43. The third-order valence-corrected chi connectivity index (χ3v) is 4.15. The van der Waals surface area contributed by atoms with Gasteiger partial charge in [0.15, 0.2) is 0 Å². The van der Waals surface area contributed by atoms with Crippen molar-refractivity contribution < 1.29 is 23.1 Å². The highest BCUT2D eigenvalue weighted by atomic mass is 19.4. The Kier molecular flexibility index (Phi) is 4.95. The molecule has 2 N–H and O–H groups in total. The van der Waals surface area contributed by atoms with Crippen LogP contribution in [-0.2, 0) is 17.5 Å². The largest absolute Gasteiger partial charge is 0.480 e. The first-order valence-corrected chi connectivity index (χ1v) is 7.96. The van der Waals surface area contributed by atoms with E-state index in [2.05, 4.69) is 5.32 Å². The Morgan fingerprint density at radius 1 is 1.00 bits per heavy atom. The van der Waals surface area contributed by atoms with Crippen molar-refractivity contribution in [1.82, 2.24) is 5.32 Å². The molecule has 3 nitrogen and oxygen atoms in total. The first-order valence-electron chi connectivity index (χ1n) is 7.96. The van der Waals surface area contributed by atoms with Crippen molar-refractivity contribution >= 4 is 16.7 Å². The summed E-state index contributed by atoms with van der Waals surface area (Å²) in [6.45, 7) is 0.00408. The second kappa shape index (κ2) is 7.17. The third-order valence-electron chi connectivity index (χ3n) is 4.15. The molecule has 0 spiro atoms. The van der Waals surface area contributed by atoms with Crippen LogP contribution < -0.4 is 5.32 Å². The highest BCUT2D eigenvalue weighted by Crippen LogP contribution is 2.30. The van der Waals surface area contributed by atoms with Crippen LogP contribution in [0.25, 0.3) is 10.8 Å². The van der Waals surface area contributed by atoms with Crippen LogP contribution in [0.5, 0.6) is 0 Å². The van der Waals surface area contributed by atoms with Gasteiger partial charge in [0, 0.05) is 6.54 Å². The lowest BCUT2D eigenvalue weighted by molar-refractivity contribution is -0.140. The quantitative estimate of drug-likeness (QED) is 0.690. The average molecular weight is 359 g/mol. The number of alkyl halides is 3. The van der Waals surface area contributed by atoms with Crippen molar-refractivity contribution in [3.8, 4) is 0 Å². The molecule has 3 rings (SSSR count). The summed E-state index contributed by atoms with van der Waals surface area (Å²) in [6, 6.07) is 16.6. The number of carboxylic acids is 1. The molecule has 0 bridgehead atoms. The third kappa shape index (κ3) is 3.86. The molecule has 0 aliphatic heterocycles. The van der Waals surface area contributed by atoms with E-state index in [0.717, 1.165) is 22.9 Å². The number of aliphatic carboxylic acids is 1. The van der Waals surface area contributed by atoms with Crippen molar-refractivity contribution in [1.29, 1.82) is 0 Å². The molecule has 0 aliphatic rings. The Bertz CT molecular complexity index is 932. The Balaban J connectivity index is 1.87. The number of hydrogen-bond acceptors (Lipinski definition) is 2. The van der Waals surface area contributed by atoms with Gasteiger partial charge in [0.2, 0.25) is 0 Å². The molecule has 1 unspecified atom stereocenters. The molecule has 3 aromatic carbocycles. The molecule has 6 heteroatoms. The van der Waals surface area contributed by atoms with E-state index < -0.39 is 23.8 Å². The summed E-state index contributed by atoms with van der Waals surface area (Å²) in [5.74, 6) is -1.09. The van der Waals surface area contributed by atoms with Crippen molar-refractivity contribution in [3.63, 3.8) is 0 Å². The molecule has 1 atom stereocenters. The number of rotatable bonds is 5. The first-order chi connectivity index (χ1) is 12.4. The zero-order valence-corrected chi connectivity index (χ0v) is 13.6. The van der Waals surface area contributed by atoms with Crippen molar-refractivity contribution in [2.45, 2.75) is 18.8 Å². The van der Waals surface area contributed by atoms with Gasteiger partial charge in [-0.1, -0.05) is 60.7 Å². The summed E-state index contributed by atoms with van der Waals surface area (Å²) in [6.07, 6.45) is -4.43. The molecule has 0 heterocycles. The Labute approximate surface area is 148 Å². The molecule has 0 saturated heterocycles. The van der Waals surface area contributed by atoms with Crippen LogP contribution in [0.15, 0.2) is 66.7 Å². The maximum absolute atomic E-state index is 12.8. The van der Waals surface area contributed by atoms with Crippen molar-refractivity contribution in [3.05, 3.63) is 83.4 Å². The van der Waals surface area contributed by atoms with E-state index in [1.54, 1.807) is 12.1 Å². The Morgan fingerprint density at radius 3 is 2.42 bits per heavy atom. The highest BCUT2D eigenvalue weighted by molar-refractivity contribution is 5.90. The van der Waals surface area contributed by atoms with Crippen molar-refractivity contribution in [2.24, 2.45) is 0 Å². The van der Waals surface area contributed by atoms with Gasteiger partial charge in [-0.3, -0.25) is 10.1 Å². The van der Waals surface area contributed by atoms with Gasteiger partial charge in [-0.05, 0) is 28.0 Å². The molecule has 3 aromatic rings. The van der Waals surface area contributed by atoms with Gasteiger partial charge in [0.25, 0.3) is 0 Å². The summed E-state index contributed by atoms with van der Waals surface area (Å²) < 4.78 is 38.5. The number of hydrogen-bond donors (Lipinski definition) is 2. The van der Waals surface area contributed by atoms with Gasteiger partial charge in [0.1, 0.15) is 6.04 Å². The highest BCUT2D eigenvalue weighted by Gasteiger charge is 2.30. The smallest absolute Gasteiger partial charge is 0.416 e. The number of halogens is 3. The fourth-order valence-electron chi connectivity index (χ4n) is 2.91. The van der Waals surface area contributed by atoms with Crippen molar-refractivity contribution in [2.75, 3.05) is 0 Å². The van der Waals surface area contributed by atoms with Gasteiger partial charge < -0.3 is 5.11 Å². The maximum Gasteiger partial charge on any atom is 0.416 e. The maximum atomic E-state index is 12.8. The van der Waals surface area contributed by atoms with Gasteiger partial charge in [-0.15, -0.1) is 0 Å². The number of benzene rings is 3. The predicted octanol–water partition coefficient (Wildman–Crippen LogP) is 4.77. The molecule has 0 amide bonds. The average Bonchev–Trinajstić information content (AvgIpc) is 2.61. The number of nitrogens with one attached hydrogen (secondary N) is 1. The zero-order chi connectivity index (χ0) is 18.7. The fourth-order valence-corrected chi connectivity index (χ4v) is 2.91. The predicted molar refractivity (Wildman–Crippen MR) is 92.6 cm³/mol. The zero-order valence-electron chi connectivity index (χ0n) is 13.6. The lowest BCUT2D eigenvalue weighted by atomic mass is 9.98. The number of fused-ring (bicyclic) bond motifs is 1. The second-order valence-corrected chi connectivity index (χ2v) is 5.92. The summed E-state index contributed by atoms with van der Waals surface area (Å²) in [5, 5.41) is 14.2. The van der Waals surface area contributed by atoms with E-state index in [9.17, 15) is 23.1 Å². The van der Waals surface area contributed by atoms with E-state index in [4.69, 9.17) is 0 Å². The van der Waals surface area contributed by atoms with Crippen LogP contribution in [0.3, 0.4) is 0 Å². The molecule has 0 fully saturated rings. The molecular formula is C20H16F3NO2. The molecule has 26 heavy (non-hydrogen) atoms. The van der Waals surface area contributed by atoms with Gasteiger partial charge in [-0.2, -0.15) is 13.2 Å². The minimum absolute atomic E-state index is 0.00408. The monoisotopic (exact) mass is 359 g/mol. The lowest BCUT2D eigenvalue weighted by Crippen LogP contribution is -2.28. The number of carboxylic acid groups (broad SMARTS) is 1. The van der Waals surface area contributed by atoms with Gasteiger partial charge in [-0.25, -0.2) is 0 Å². The lowest BCUT2D eigenvalue weighted by Gasteiger charge is -2.17. The minimum Gasteiger partial charge on any atom is -0.480 e. The van der Waals surface area contributed by atoms with E-state index >= 15 is 0 Å². The van der Waals surface area contributed by atoms with Crippen LogP contribution in [0, 0.1) is 0 Å². The fraction of sp³-hybridized carbons (Fsp3) is 0.150. The van der Waals surface area contributed by atoms with E-state index in [0.29, 0.717) is 11.1 Å². The molecule has 0 saturated carbocycles. The molecular weight excluding hydrogens is 343 g/mol. The van der Waals surface area contributed by atoms with E-state index in [1.807, 2.05) is 30.3 Å². The van der Waals surface area contributed by atoms with E-state index in [-0.39, 0.29) is 6.54 Å².